The molecule has 3 nitrogen and oxygen atoms in total. The molecule has 47 heavy (non-hydrogen) atoms. The van der Waals surface area contributed by atoms with Crippen LogP contribution in [0.1, 0.15) is 16.7 Å². The Morgan fingerprint density at radius 3 is 2.04 bits per heavy atom. The third-order valence-electron chi connectivity index (χ3n) is 9.29. The Morgan fingerprint density at radius 2 is 1.28 bits per heavy atom. The lowest BCUT2D eigenvalue weighted by Gasteiger charge is -2.13. The summed E-state index contributed by atoms with van der Waals surface area (Å²) < 4.78 is 6.58. The zero-order chi connectivity index (χ0) is 31.3. The molecule has 7 aromatic carbocycles. The van der Waals surface area contributed by atoms with Gasteiger partial charge < -0.3 is 10.2 Å². The molecule has 0 radical (unpaired) electrons. The smallest absolute Gasteiger partial charge is 0.143 e. The van der Waals surface area contributed by atoms with Gasteiger partial charge in [0.15, 0.2) is 0 Å². The number of amidine groups is 1. The van der Waals surface area contributed by atoms with E-state index in [1.54, 1.807) is 0 Å². The minimum absolute atomic E-state index is 0.485. The van der Waals surface area contributed by atoms with Crippen LogP contribution in [0, 0.1) is 0 Å². The van der Waals surface area contributed by atoms with Crippen LogP contribution in [0.4, 0.5) is 0 Å². The summed E-state index contributed by atoms with van der Waals surface area (Å²) in [6.07, 6.45) is 2.92. The van der Waals surface area contributed by atoms with Crippen LogP contribution < -0.4 is 5.73 Å². The van der Waals surface area contributed by atoms with Crippen LogP contribution in [0.3, 0.4) is 0 Å². The number of hydrogen-bond donors (Lipinski definition) is 1. The maximum absolute atomic E-state index is 6.71. The SMILES string of the molecule is N/C(=N\C(=C/Cc1ccccc1)c1ccccc1)c1ccc(-c2cc3c(oc4ccccc43)c3c2-c2cccc4cccc-3c24)cc1. The van der Waals surface area contributed by atoms with E-state index in [9.17, 15) is 0 Å². The van der Waals surface area contributed by atoms with Crippen molar-refractivity contribution in [1.29, 1.82) is 0 Å². The first-order valence-electron chi connectivity index (χ1n) is 16.0. The van der Waals surface area contributed by atoms with Crippen LogP contribution >= 0.6 is 0 Å². The fourth-order valence-electron chi connectivity index (χ4n) is 7.06. The monoisotopic (exact) mass is 602 g/mol. The second-order valence-corrected chi connectivity index (χ2v) is 12.1. The minimum Gasteiger partial charge on any atom is -0.455 e. The molecular weight excluding hydrogens is 572 g/mol. The standard InChI is InChI=1S/C44H30N2O/c45-44(46-38(30-13-5-2-6-14-30)26-21-28-11-3-1-4-12-28)32-24-22-29(23-25-32)36-27-37-33-17-7-8-20-39(33)47-43(37)42-35-19-10-16-31-15-9-18-34(40(31)35)41(36)42/h1-20,22-27H,21H2,(H2,45,46)/b38-26-. The second kappa shape index (κ2) is 11.0. The Labute approximate surface area is 272 Å². The summed E-state index contributed by atoms with van der Waals surface area (Å²) >= 11 is 0. The van der Waals surface area contributed by atoms with Crippen molar-refractivity contribution >= 4 is 44.2 Å². The van der Waals surface area contributed by atoms with Crippen molar-refractivity contribution in [1.82, 2.24) is 0 Å². The summed E-state index contributed by atoms with van der Waals surface area (Å²) in [6, 6.07) is 52.9. The molecule has 0 spiro atoms. The van der Waals surface area contributed by atoms with E-state index in [1.165, 1.54) is 44.2 Å². The van der Waals surface area contributed by atoms with Crippen LogP contribution in [0.5, 0.6) is 0 Å². The first-order valence-corrected chi connectivity index (χ1v) is 16.0. The van der Waals surface area contributed by atoms with E-state index >= 15 is 0 Å². The Bertz CT molecular complexity index is 2520. The zero-order valence-electron chi connectivity index (χ0n) is 25.7. The van der Waals surface area contributed by atoms with Crippen molar-refractivity contribution in [3.63, 3.8) is 0 Å². The van der Waals surface area contributed by atoms with Gasteiger partial charge in [-0.15, -0.1) is 0 Å². The largest absolute Gasteiger partial charge is 0.455 e. The quantitative estimate of drug-likeness (QED) is 0.152. The molecule has 222 valence electrons. The van der Waals surface area contributed by atoms with Crippen LogP contribution in [-0.4, -0.2) is 5.84 Å². The van der Waals surface area contributed by atoms with Crippen LogP contribution in [0.2, 0.25) is 0 Å². The number of nitrogens with zero attached hydrogens (tertiary/aromatic N) is 1. The Morgan fingerprint density at radius 1 is 0.596 bits per heavy atom. The highest BCUT2D eigenvalue weighted by Gasteiger charge is 2.29. The molecule has 0 saturated heterocycles. The fraction of sp³-hybridized carbons (Fsp3) is 0.0227. The van der Waals surface area contributed by atoms with E-state index < -0.39 is 0 Å². The maximum Gasteiger partial charge on any atom is 0.143 e. The van der Waals surface area contributed by atoms with Crippen molar-refractivity contribution in [2.24, 2.45) is 10.7 Å². The van der Waals surface area contributed by atoms with Crippen LogP contribution in [0.25, 0.3) is 71.8 Å². The van der Waals surface area contributed by atoms with E-state index in [2.05, 4.69) is 127 Å². The molecule has 2 N–H and O–H groups in total. The van der Waals surface area contributed by atoms with E-state index in [0.717, 1.165) is 50.7 Å². The van der Waals surface area contributed by atoms with Crippen LogP contribution in [-0.2, 0) is 6.42 Å². The van der Waals surface area contributed by atoms with Crippen molar-refractivity contribution < 1.29 is 4.42 Å². The fourth-order valence-corrected chi connectivity index (χ4v) is 7.06. The van der Waals surface area contributed by atoms with Gasteiger partial charge in [-0.05, 0) is 62.7 Å². The average molecular weight is 603 g/mol. The van der Waals surface area contributed by atoms with E-state index in [0.29, 0.717) is 5.84 Å². The summed E-state index contributed by atoms with van der Waals surface area (Å²) in [5, 5.41) is 4.77. The van der Waals surface area contributed by atoms with Crippen LogP contribution in [0.15, 0.2) is 167 Å². The predicted octanol–water partition coefficient (Wildman–Crippen LogP) is 11.0. The van der Waals surface area contributed by atoms with Gasteiger partial charge in [0.25, 0.3) is 0 Å². The summed E-state index contributed by atoms with van der Waals surface area (Å²) in [5.74, 6) is 0.485. The summed E-state index contributed by atoms with van der Waals surface area (Å²) in [7, 11) is 0. The molecule has 0 bridgehead atoms. The highest BCUT2D eigenvalue weighted by molar-refractivity contribution is 6.26. The Kier molecular flexibility index (Phi) is 6.36. The number of rotatable bonds is 6. The summed E-state index contributed by atoms with van der Waals surface area (Å²) in [6.45, 7) is 0. The van der Waals surface area contributed by atoms with Gasteiger partial charge in [0.2, 0.25) is 0 Å². The van der Waals surface area contributed by atoms with E-state index in [4.69, 9.17) is 15.1 Å². The number of furan rings is 1. The number of benzene rings is 7. The second-order valence-electron chi connectivity index (χ2n) is 12.1. The Balaban J connectivity index is 1.17. The molecule has 0 aliphatic heterocycles. The lowest BCUT2D eigenvalue weighted by atomic mass is 9.90. The van der Waals surface area contributed by atoms with E-state index in [-0.39, 0.29) is 0 Å². The van der Waals surface area contributed by atoms with Gasteiger partial charge in [0.1, 0.15) is 17.0 Å². The van der Waals surface area contributed by atoms with Gasteiger partial charge in [-0.25, -0.2) is 4.99 Å². The predicted molar refractivity (Wildman–Crippen MR) is 196 cm³/mol. The van der Waals surface area contributed by atoms with Crippen molar-refractivity contribution in [2.45, 2.75) is 6.42 Å². The van der Waals surface area contributed by atoms with E-state index in [1.807, 2.05) is 30.3 Å². The zero-order valence-corrected chi connectivity index (χ0v) is 25.7. The molecule has 1 aliphatic rings. The number of fused-ring (bicyclic) bond motifs is 7. The van der Waals surface area contributed by atoms with Crippen molar-refractivity contribution in [2.75, 3.05) is 0 Å². The molecule has 1 aromatic heterocycles. The molecule has 0 amide bonds. The third kappa shape index (κ3) is 4.55. The number of nitrogens with two attached hydrogens (primary N) is 1. The topological polar surface area (TPSA) is 51.5 Å². The molecule has 1 heterocycles. The molecule has 0 fully saturated rings. The number of para-hydroxylation sites is 1. The van der Waals surface area contributed by atoms with Gasteiger partial charge >= 0.3 is 0 Å². The molecule has 9 rings (SSSR count). The number of allylic oxidation sites excluding steroid dienone is 1. The van der Waals surface area contributed by atoms with Gasteiger partial charge in [-0.1, -0.05) is 146 Å². The molecular formula is C44H30N2O. The summed E-state index contributed by atoms with van der Waals surface area (Å²) in [5.41, 5.74) is 19.7. The number of aliphatic imine (C=N–C) groups is 1. The Hall–Kier alpha value is -6.19. The highest BCUT2D eigenvalue weighted by atomic mass is 16.3. The normalized spacial score (nSPS) is 12.7. The molecule has 0 atom stereocenters. The van der Waals surface area contributed by atoms with Gasteiger partial charge in [0, 0.05) is 27.5 Å². The maximum atomic E-state index is 6.71. The van der Waals surface area contributed by atoms with Gasteiger partial charge in [-0.3, -0.25) is 0 Å². The summed E-state index contributed by atoms with van der Waals surface area (Å²) in [4.78, 5) is 4.96. The first-order chi connectivity index (χ1) is 23.2. The van der Waals surface area contributed by atoms with Crippen molar-refractivity contribution in [3.05, 3.63) is 174 Å². The third-order valence-corrected chi connectivity index (χ3v) is 9.29. The minimum atomic E-state index is 0.485. The lowest BCUT2D eigenvalue weighted by molar-refractivity contribution is 0.670. The van der Waals surface area contributed by atoms with Gasteiger partial charge in [-0.2, -0.15) is 0 Å². The average Bonchev–Trinajstić information content (AvgIpc) is 3.68. The molecule has 8 aromatic rings. The molecule has 3 heteroatoms. The van der Waals surface area contributed by atoms with Crippen molar-refractivity contribution in [3.8, 4) is 33.4 Å². The highest BCUT2D eigenvalue weighted by Crippen LogP contribution is 2.55. The number of hydrogen-bond acceptors (Lipinski definition) is 2. The first kappa shape index (κ1) is 27.1. The lowest BCUT2D eigenvalue weighted by Crippen LogP contribution is -2.13. The van der Waals surface area contributed by atoms with Gasteiger partial charge in [0.05, 0.1) is 5.70 Å². The molecule has 0 saturated carbocycles. The molecule has 0 unspecified atom stereocenters. The molecule has 1 aliphatic carbocycles.